The van der Waals surface area contributed by atoms with Crippen LogP contribution in [0.4, 0.5) is 0 Å². The van der Waals surface area contributed by atoms with Crippen LogP contribution in [-0.4, -0.2) is 18.4 Å². The highest BCUT2D eigenvalue weighted by molar-refractivity contribution is 7.97. The second-order valence-corrected chi connectivity index (χ2v) is 4.30. The molecule has 11 heavy (non-hydrogen) atoms. The third-order valence-corrected chi connectivity index (χ3v) is 2.27. The second-order valence-electron chi connectivity index (χ2n) is 2.40. The highest BCUT2D eigenvalue weighted by Gasteiger charge is 1.93. The van der Waals surface area contributed by atoms with Crippen molar-refractivity contribution in [1.82, 2.24) is 4.31 Å². The molecular weight excluding hydrogens is 174 g/mol. The maximum atomic E-state index is 4.20. The third-order valence-electron chi connectivity index (χ3n) is 1.12. The van der Waals surface area contributed by atoms with Crippen molar-refractivity contribution in [2.24, 2.45) is 0 Å². The van der Waals surface area contributed by atoms with Crippen LogP contribution in [0.3, 0.4) is 0 Å². The molecule has 1 aromatic carbocycles. The first-order valence-electron chi connectivity index (χ1n) is 3.33. The maximum Gasteiger partial charge on any atom is 0.0230 e. The minimum Gasteiger partial charge on any atom is -0.253 e. The van der Waals surface area contributed by atoms with Gasteiger partial charge in [0, 0.05) is 9.79 Å². The molecule has 0 aliphatic carbocycles. The number of thiol groups is 1. The first-order chi connectivity index (χ1) is 5.18. The summed E-state index contributed by atoms with van der Waals surface area (Å²) in [5, 5.41) is 0. The zero-order valence-corrected chi connectivity index (χ0v) is 8.32. The summed E-state index contributed by atoms with van der Waals surface area (Å²) in [5.74, 6) is 0. The fourth-order valence-electron chi connectivity index (χ4n) is 0.718. The van der Waals surface area contributed by atoms with Gasteiger partial charge in [0.25, 0.3) is 0 Å². The van der Waals surface area contributed by atoms with Gasteiger partial charge in [0.05, 0.1) is 0 Å². The Morgan fingerprint density at radius 3 is 2.18 bits per heavy atom. The molecule has 0 saturated heterocycles. The van der Waals surface area contributed by atoms with Crippen LogP contribution in [0.25, 0.3) is 0 Å². The van der Waals surface area contributed by atoms with Crippen molar-refractivity contribution in [3.8, 4) is 0 Å². The summed E-state index contributed by atoms with van der Waals surface area (Å²) < 4.78 is 2.06. The number of hydrogen-bond acceptors (Lipinski definition) is 3. The molecule has 0 unspecified atom stereocenters. The molecule has 3 heteroatoms. The molecule has 0 aromatic heterocycles. The number of benzene rings is 1. The van der Waals surface area contributed by atoms with Crippen molar-refractivity contribution in [2.45, 2.75) is 9.79 Å². The van der Waals surface area contributed by atoms with Crippen molar-refractivity contribution >= 4 is 24.6 Å². The predicted molar refractivity (Wildman–Crippen MR) is 53.2 cm³/mol. The van der Waals surface area contributed by atoms with Gasteiger partial charge in [-0.25, -0.2) is 0 Å². The minimum absolute atomic E-state index is 1.01. The van der Waals surface area contributed by atoms with Crippen LogP contribution in [0.5, 0.6) is 0 Å². The molecule has 0 amide bonds. The zero-order chi connectivity index (χ0) is 8.27. The SMILES string of the molecule is CN(C)Sc1ccc(S)cc1. The molecule has 60 valence electrons. The van der Waals surface area contributed by atoms with Crippen molar-refractivity contribution in [3.63, 3.8) is 0 Å². The normalized spacial score (nSPS) is 10.5. The standard InChI is InChI=1S/C8H11NS2/c1-9(2)11-8-5-3-7(10)4-6-8/h3-6,10H,1-2H3. The van der Waals surface area contributed by atoms with Gasteiger partial charge in [-0.1, -0.05) is 0 Å². The van der Waals surface area contributed by atoms with Crippen molar-refractivity contribution < 1.29 is 0 Å². The first-order valence-corrected chi connectivity index (χ1v) is 4.55. The Morgan fingerprint density at radius 2 is 1.73 bits per heavy atom. The van der Waals surface area contributed by atoms with Crippen LogP contribution in [0.2, 0.25) is 0 Å². The molecule has 0 saturated carbocycles. The Kier molecular flexibility index (Phi) is 3.30. The Hall–Kier alpha value is -0.120. The van der Waals surface area contributed by atoms with Crippen LogP contribution in [0.15, 0.2) is 34.1 Å². The van der Waals surface area contributed by atoms with Crippen LogP contribution < -0.4 is 0 Å². The average Bonchev–Trinajstić information content (AvgIpc) is 1.93. The van der Waals surface area contributed by atoms with E-state index in [4.69, 9.17) is 0 Å². The van der Waals surface area contributed by atoms with Crippen molar-refractivity contribution in [2.75, 3.05) is 14.1 Å². The molecule has 0 spiro atoms. The molecule has 0 atom stereocenters. The van der Waals surface area contributed by atoms with Gasteiger partial charge < -0.3 is 0 Å². The van der Waals surface area contributed by atoms with Crippen molar-refractivity contribution in [3.05, 3.63) is 24.3 Å². The van der Waals surface area contributed by atoms with E-state index >= 15 is 0 Å². The summed E-state index contributed by atoms with van der Waals surface area (Å²) in [4.78, 5) is 2.25. The van der Waals surface area contributed by atoms with Gasteiger partial charge in [-0.3, -0.25) is 4.31 Å². The van der Waals surface area contributed by atoms with Crippen LogP contribution in [-0.2, 0) is 0 Å². The lowest BCUT2D eigenvalue weighted by Crippen LogP contribution is -1.98. The molecule has 0 radical (unpaired) electrons. The molecule has 1 nitrogen and oxygen atoms in total. The molecule has 1 rings (SSSR count). The molecule has 1 aromatic rings. The van der Waals surface area contributed by atoms with Gasteiger partial charge in [-0.15, -0.1) is 12.6 Å². The predicted octanol–water partition coefficient (Wildman–Crippen LogP) is 2.54. The lowest BCUT2D eigenvalue weighted by atomic mass is 10.4. The highest BCUT2D eigenvalue weighted by atomic mass is 32.2. The van der Waals surface area contributed by atoms with Gasteiger partial charge in [0.1, 0.15) is 0 Å². The summed E-state index contributed by atoms with van der Waals surface area (Å²) in [6.07, 6.45) is 0. The third kappa shape index (κ3) is 3.18. The first kappa shape index (κ1) is 8.97. The summed E-state index contributed by atoms with van der Waals surface area (Å²) in [6.45, 7) is 0. The fraction of sp³-hybridized carbons (Fsp3) is 0.250. The van der Waals surface area contributed by atoms with E-state index in [1.807, 2.05) is 26.2 Å². The molecular formula is C8H11NS2. The second kappa shape index (κ2) is 4.04. The van der Waals surface area contributed by atoms with E-state index in [-0.39, 0.29) is 0 Å². The highest BCUT2D eigenvalue weighted by Crippen LogP contribution is 2.20. The Morgan fingerprint density at radius 1 is 1.18 bits per heavy atom. The van der Waals surface area contributed by atoms with E-state index in [9.17, 15) is 0 Å². The van der Waals surface area contributed by atoms with E-state index < -0.39 is 0 Å². The van der Waals surface area contributed by atoms with Crippen molar-refractivity contribution in [1.29, 1.82) is 0 Å². The summed E-state index contributed by atoms with van der Waals surface area (Å²) in [7, 11) is 4.05. The van der Waals surface area contributed by atoms with E-state index in [1.54, 1.807) is 11.9 Å². The lowest BCUT2D eigenvalue weighted by Gasteiger charge is -2.07. The van der Waals surface area contributed by atoms with E-state index in [0.717, 1.165) is 4.90 Å². The molecule has 0 fully saturated rings. The summed E-state index contributed by atoms with van der Waals surface area (Å²) in [5.41, 5.74) is 0. The summed E-state index contributed by atoms with van der Waals surface area (Å²) >= 11 is 5.91. The molecule has 0 heterocycles. The van der Waals surface area contributed by atoms with E-state index in [1.165, 1.54) is 4.90 Å². The number of nitrogens with zero attached hydrogens (tertiary/aromatic N) is 1. The zero-order valence-electron chi connectivity index (χ0n) is 6.61. The van der Waals surface area contributed by atoms with Crippen LogP contribution >= 0.6 is 24.6 Å². The van der Waals surface area contributed by atoms with Gasteiger partial charge in [0.2, 0.25) is 0 Å². The molecule has 0 N–H and O–H groups in total. The lowest BCUT2D eigenvalue weighted by molar-refractivity contribution is 0.702. The molecule has 0 aliphatic rings. The summed E-state index contributed by atoms with van der Waals surface area (Å²) in [6, 6.07) is 8.11. The minimum atomic E-state index is 1.01. The van der Waals surface area contributed by atoms with Crippen LogP contribution in [0, 0.1) is 0 Å². The fourth-order valence-corrected chi connectivity index (χ4v) is 1.55. The van der Waals surface area contributed by atoms with Gasteiger partial charge in [-0.05, 0) is 50.3 Å². The molecule has 0 bridgehead atoms. The largest absolute Gasteiger partial charge is 0.253 e. The Balaban J connectivity index is 2.66. The number of rotatable bonds is 2. The average molecular weight is 185 g/mol. The van der Waals surface area contributed by atoms with E-state index in [0.29, 0.717) is 0 Å². The Bertz CT molecular complexity index is 218. The molecule has 0 aliphatic heterocycles. The Labute approximate surface area is 77.3 Å². The topological polar surface area (TPSA) is 3.24 Å². The quantitative estimate of drug-likeness (QED) is 0.557. The van der Waals surface area contributed by atoms with Gasteiger partial charge in [0.15, 0.2) is 0 Å². The van der Waals surface area contributed by atoms with Crippen LogP contribution in [0.1, 0.15) is 0 Å². The van der Waals surface area contributed by atoms with Gasteiger partial charge in [-0.2, -0.15) is 0 Å². The van der Waals surface area contributed by atoms with Gasteiger partial charge >= 0.3 is 0 Å². The monoisotopic (exact) mass is 185 g/mol. The smallest absolute Gasteiger partial charge is 0.0230 e. The number of hydrogen-bond donors (Lipinski definition) is 1. The van der Waals surface area contributed by atoms with E-state index in [2.05, 4.69) is 29.1 Å². The maximum absolute atomic E-state index is 4.20.